The normalized spacial score (nSPS) is 21.7. The van der Waals surface area contributed by atoms with Crippen molar-refractivity contribution in [1.29, 1.82) is 5.41 Å². The highest BCUT2D eigenvalue weighted by Crippen LogP contribution is 2.39. The molecule has 1 aromatic carbocycles. The highest BCUT2D eigenvalue weighted by atomic mass is 16.1. The number of carbonyl (C=O) groups is 1. The van der Waals surface area contributed by atoms with Gasteiger partial charge in [0.1, 0.15) is 0 Å². The zero-order valence-electron chi connectivity index (χ0n) is 10.8. The van der Waals surface area contributed by atoms with Crippen LogP contribution in [0, 0.1) is 5.41 Å². The van der Waals surface area contributed by atoms with E-state index in [-0.39, 0.29) is 11.9 Å². The number of allylic oxidation sites excluding steroid dienone is 1. The van der Waals surface area contributed by atoms with E-state index in [9.17, 15) is 4.79 Å². The third-order valence-electron chi connectivity index (χ3n) is 3.13. The van der Waals surface area contributed by atoms with Crippen LogP contribution in [-0.2, 0) is 0 Å². The van der Waals surface area contributed by atoms with Crippen molar-refractivity contribution in [3.05, 3.63) is 47.3 Å². The van der Waals surface area contributed by atoms with Gasteiger partial charge in [-0.1, -0.05) is 12.1 Å². The number of hydrogen-bond donors (Lipinski definition) is 4. The summed E-state index contributed by atoms with van der Waals surface area (Å²) in [5.41, 5.74) is 7.93. The quantitative estimate of drug-likeness (QED) is 0.592. The van der Waals surface area contributed by atoms with Gasteiger partial charge in [0.05, 0.1) is 5.70 Å². The van der Waals surface area contributed by atoms with Crippen LogP contribution in [0.2, 0.25) is 0 Å². The molecular formula is C14H18N4O. The van der Waals surface area contributed by atoms with E-state index in [0.717, 1.165) is 18.2 Å². The summed E-state index contributed by atoms with van der Waals surface area (Å²) >= 11 is 0. The van der Waals surface area contributed by atoms with Gasteiger partial charge in [0.25, 0.3) is 5.91 Å². The first-order chi connectivity index (χ1) is 9.15. The van der Waals surface area contributed by atoms with Gasteiger partial charge in [0, 0.05) is 37.0 Å². The molecule has 1 fully saturated rings. The van der Waals surface area contributed by atoms with Gasteiger partial charge in [-0.2, -0.15) is 0 Å². The second-order valence-electron chi connectivity index (χ2n) is 4.62. The van der Waals surface area contributed by atoms with Crippen LogP contribution in [0.3, 0.4) is 0 Å². The lowest BCUT2D eigenvalue weighted by Gasteiger charge is -2.07. The monoisotopic (exact) mass is 258 g/mol. The molecule has 1 aromatic rings. The average Bonchev–Trinajstić information content (AvgIpc) is 3.15. The summed E-state index contributed by atoms with van der Waals surface area (Å²) in [5, 5.41) is 12.6. The van der Waals surface area contributed by atoms with Gasteiger partial charge in [-0.3, -0.25) is 4.79 Å². The second-order valence-corrected chi connectivity index (χ2v) is 4.62. The van der Waals surface area contributed by atoms with Crippen LogP contribution in [0.1, 0.15) is 28.3 Å². The Labute approximate surface area is 112 Å². The molecule has 0 aromatic heterocycles. The predicted octanol–water partition coefficient (Wildman–Crippen LogP) is 0.941. The minimum absolute atomic E-state index is 0.221. The van der Waals surface area contributed by atoms with Crippen molar-refractivity contribution in [2.75, 3.05) is 7.05 Å². The van der Waals surface area contributed by atoms with E-state index in [1.807, 2.05) is 18.2 Å². The fourth-order valence-electron chi connectivity index (χ4n) is 1.98. The van der Waals surface area contributed by atoms with Crippen molar-refractivity contribution in [3.63, 3.8) is 0 Å². The van der Waals surface area contributed by atoms with Crippen LogP contribution in [0.15, 0.2) is 36.2 Å². The Hall–Kier alpha value is -2.14. The number of amides is 1. The molecule has 19 heavy (non-hydrogen) atoms. The molecule has 0 bridgehead atoms. The van der Waals surface area contributed by atoms with Crippen molar-refractivity contribution in [1.82, 2.24) is 10.6 Å². The Kier molecular flexibility index (Phi) is 3.97. The third kappa shape index (κ3) is 3.20. The van der Waals surface area contributed by atoms with Gasteiger partial charge < -0.3 is 21.8 Å². The van der Waals surface area contributed by atoms with E-state index in [1.165, 1.54) is 0 Å². The molecule has 0 heterocycles. The molecule has 0 aliphatic heterocycles. The largest absolute Gasteiger partial charge is 0.392 e. The Balaban J connectivity index is 2.11. The lowest BCUT2D eigenvalue weighted by Crippen LogP contribution is -2.24. The number of rotatable bonds is 5. The number of benzene rings is 1. The lowest BCUT2D eigenvalue weighted by molar-refractivity contribution is 0.0968. The van der Waals surface area contributed by atoms with E-state index in [2.05, 4.69) is 10.6 Å². The SMILES string of the molecule is CN/C=C(\C=N)NC(=O)c1cccc(C2CC2N)c1. The summed E-state index contributed by atoms with van der Waals surface area (Å²) in [6.07, 6.45) is 3.64. The predicted molar refractivity (Wildman–Crippen MR) is 75.2 cm³/mol. The summed E-state index contributed by atoms with van der Waals surface area (Å²) in [7, 11) is 1.71. The Morgan fingerprint density at radius 3 is 2.84 bits per heavy atom. The van der Waals surface area contributed by atoms with E-state index < -0.39 is 0 Å². The van der Waals surface area contributed by atoms with E-state index in [4.69, 9.17) is 11.1 Å². The molecule has 0 radical (unpaired) electrons. The maximum absolute atomic E-state index is 12.1. The van der Waals surface area contributed by atoms with Crippen molar-refractivity contribution < 1.29 is 4.79 Å². The smallest absolute Gasteiger partial charge is 0.255 e. The van der Waals surface area contributed by atoms with Crippen molar-refractivity contribution in [2.45, 2.75) is 18.4 Å². The first kappa shape index (κ1) is 13.3. The van der Waals surface area contributed by atoms with E-state index >= 15 is 0 Å². The molecule has 1 saturated carbocycles. The lowest BCUT2D eigenvalue weighted by atomic mass is 10.1. The van der Waals surface area contributed by atoms with Crippen LogP contribution in [0.4, 0.5) is 0 Å². The molecule has 0 spiro atoms. The summed E-state index contributed by atoms with van der Waals surface area (Å²) in [6, 6.07) is 7.71. The van der Waals surface area contributed by atoms with Crippen LogP contribution in [-0.4, -0.2) is 25.2 Å². The summed E-state index contributed by atoms with van der Waals surface area (Å²) in [4.78, 5) is 12.1. The number of nitrogens with two attached hydrogens (primary N) is 1. The molecule has 1 aliphatic carbocycles. The minimum atomic E-state index is -0.221. The number of hydrogen-bond acceptors (Lipinski definition) is 4. The van der Waals surface area contributed by atoms with Crippen LogP contribution in [0.25, 0.3) is 0 Å². The van der Waals surface area contributed by atoms with Gasteiger partial charge in [-0.05, 0) is 24.1 Å². The van der Waals surface area contributed by atoms with Gasteiger partial charge in [0.15, 0.2) is 0 Å². The zero-order chi connectivity index (χ0) is 13.8. The fraction of sp³-hybridized carbons (Fsp3) is 0.286. The van der Waals surface area contributed by atoms with Crippen LogP contribution in [0.5, 0.6) is 0 Å². The van der Waals surface area contributed by atoms with E-state index in [1.54, 1.807) is 19.3 Å². The van der Waals surface area contributed by atoms with E-state index in [0.29, 0.717) is 17.2 Å². The molecule has 100 valence electrons. The Bertz CT molecular complexity index is 524. The summed E-state index contributed by atoms with van der Waals surface area (Å²) in [5.74, 6) is 0.156. The van der Waals surface area contributed by atoms with Gasteiger partial charge in [0.2, 0.25) is 0 Å². The van der Waals surface area contributed by atoms with Crippen molar-refractivity contribution >= 4 is 12.1 Å². The highest BCUT2D eigenvalue weighted by Gasteiger charge is 2.34. The molecule has 5 heteroatoms. The second kappa shape index (κ2) is 5.67. The van der Waals surface area contributed by atoms with Crippen LogP contribution < -0.4 is 16.4 Å². The molecule has 1 aliphatic rings. The van der Waals surface area contributed by atoms with Crippen LogP contribution >= 0.6 is 0 Å². The maximum Gasteiger partial charge on any atom is 0.255 e. The van der Waals surface area contributed by atoms with Gasteiger partial charge in [-0.25, -0.2) is 0 Å². The zero-order valence-corrected chi connectivity index (χ0v) is 10.8. The molecular weight excluding hydrogens is 240 g/mol. The first-order valence-electron chi connectivity index (χ1n) is 6.20. The molecule has 2 atom stereocenters. The third-order valence-corrected chi connectivity index (χ3v) is 3.13. The molecule has 5 nitrogen and oxygen atoms in total. The Morgan fingerprint density at radius 1 is 1.53 bits per heavy atom. The first-order valence-corrected chi connectivity index (χ1v) is 6.20. The molecule has 0 saturated heterocycles. The molecule has 2 unspecified atom stereocenters. The van der Waals surface area contributed by atoms with Gasteiger partial charge >= 0.3 is 0 Å². The highest BCUT2D eigenvalue weighted by molar-refractivity contribution is 5.98. The Morgan fingerprint density at radius 2 is 2.26 bits per heavy atom. The summed E-state index contributed by atoms with van der Waals surface area (Å²) in [6.45, 7) is 0. The molecule has 1 amide bonds. The summed E-state index contributed by atoms with van der Waals surface area (Å²) < 4.78 is 0. The van der Waals surface area contributed by atoms with Gasteiger partial charge in [-0.15, -0.1) is 0 Å². The van der Waals surface area contributed by atoms with Crippen molar-refractivity contribution in [3.8, 4) is 0 Å². The fourth-order valence-corrected chi connectivity index (χ4v) is 1.98. The average molecular weight is 258 g/mol. The topological polar surface area (TPSA) is 91.0 Å². The maximum atomic E-state index is 12.1. The standard InChI is InChI=1S/C14H18N4O/c1-17-8-11(7-15)18-14(19)10-4-2-3-9(5-10)12-6-13(12)16/h2-5,7-8,12-13,15,17H,6,16H2,1H3,(H,18,19)/b11-8+,15-7?. The molecule has 2 rings (SSSR count). The number of nitrogens with one attached hydrogen (secondary N) is 3. The molecule has 5 N–H and O–H groups in total. The number of carbonyl (C=O) groups excluding carboxylic acids is 1. The minimum Gasteiger partial charge on any atom is -0.392 e. The van der Waals surface area contributed by atoms with Crippen molar-refractivity contribution in [2.24, 2.45) is 5.73 Å².